The Hall–Kier alpha value is -1.81. The average Bonchev–Trinajstić information content (AvgIpc) is 2.31. The van der Waals surface area contributed by atoms with Crippen molar-refractivity contribution < 1.29 is 12.6 Å². The monoisotopic (exact) mass is 233 g/mol. The van der Waals surface area contributed by atoms with Crippen molar-refractivity contribution in [3.8, 4) is 5.75 Å². The maximum absolute atomic E-state index is 11.8. The van der Waals surface area contributed by atoms with Gasteiger partial charge >= 0.3 is 10.1 Å². The molecule has 0 saturated heterocycles. The fourth-order valence-electron chi connectivity index (χ4n) is 1.19. The lowest BCUT2D eigenvalue weighted by molar-refractivity contribution is 0.486. The van der Waals surface area contributed by atoms with Crippen LogP contribution in [0, 0.1) is 6.07 Å². The fraction of sp³-hybridized carbons (Fsp3) is 0. The van der Waals surface area contributed by atoms with Gasteiger partial charge in [-0.3, -0.25) is 0 Å². The summed E-state index contributed by atoms with van der Waals surface area (Å²) in [5.74, 6) is 0.256. The summed E-state index contributed by atoms with van der Waals surface area (Å²) in [6.45, 7) is 0. The lowest BCUT2D eigenvalue weighted by Crippen LogP contribution is -2.09. The maximum atomic E-state index is 11.8. The molecule has 2 rings (SSSR count). The molecular formula is C12H9O3S. The fourth-order valence-corrected chi connectivity index (χ4v) is 2.13. The van der Waals surface area contributed by atoms with Gasteiger partial charge in [0.25, 0.3) is 0 Å². The van der Waals surface area contributed by atoms with Gasteiger partial charge < -0.3 is 4.18 Å². The van der Waals surface area contributed by atoms with Crippen molar-refractivity contribution in [1.29, 1.82) is 0 Å². The summed E-state index contributed by atoms with van der Waals surface area (Å²) in [4.78, 5) is 0.138. The SMILES string of the molecule is O=S(=O)(Oc1c[c]ccc1)c1ccccc1. The zero-order valence-corrected chi connectivity index (χ0v) is 9.15. The van der Waals surface area contributed by atoms with Gasteiger partial charge in [-0.05, 0) is 30.3 Å². The zero-order chi connectivity index (χ0) is 11.4. The van der Waals surface area contributed by atoms with Gasteiger partial charge in [0.2, 0.25) is 0 Å². The van der Waals surface area contributed by atoms with Crippen molar-refractivity contribution in [2.45, 2.75) is 4.90 Å². The lowest BCUT2D eigenvalue weighted by Gasteiger charge is -2.05. The minimum atomic E-state index is -3.73. The van der Waals surface area contributed by atoms with Crippen molar-refractivity contribution in [3.63, 3.8) is 0 Å². The molecule has 0 spiro atoms. The van der Waals surface area contributed by atoms with Crippen molar-refractivity contribution in [2.75, 3.05) is 0 Å². The van der Waals surface area contributed by atoms with Crippen LogP contribution in [0.4, 0.5) is 0 Å². The highest BCUT2D eigenvalue weighted by Crippen LogP contribution is 2.17. The summed E-state index contributed by atoms with van der Waals surface area (Å²) < 4.78 is 28.5. The molecule has 3 nitrogen and oxygen atoms in total. The van der Waals surface area contributed by atoms with E-state index >= 15 is 0 Å². The van der Waals surface area contributed by atoms with Crippen molar-refractivity contribution in [1.82, 2.24) is 0 Å². The summed E-state index contributed by atoms with van der Waals surface area (Å²) >= 11 is 0. The summed E-state index contributed by atoms with van der Waals surface area (Å²) in [7, 11) is -3.73. The van der Waals surface area contributed by atoms with Crippen LogP contribution >= 0.6 is 0 Å². The standard InChI is InChI=1S/C12H9O3S/c13-16(14,12-9-5-2-6-10-12)15-11-7-3-1-4-8-11/h1-3,5-10H. The van der Waals surface area contributed by atoms with Gasteiger partial charge in [-0.25, -0.2) is 0 Å². The number of hydrogen-bond acceptors (Lipinski definition) is 3. The molecule has 0 bridgehead atoms. The molecule has 2 aromatic carbocycles. The molecular weight excluding hydrogens is 224 g/mol. The van der Waals surface area contributed by atoms with Crippen LogP contribution in [0.2, 0.25) is 0 Å². The molecule has 0 aliphatic rings. The highest BCUT2D eigenvalue weighted by molar-refractivity contribution is 7.87. The van der Waals surface area contributed by atoms with Crippen LogP contribution < -0.4 is 4.18 Å². The molecule has 0 aliphatic heterocycles. The molecule has 0 saturated carbocycles. The Morgan fingerprint density at radius 2 is 1.75 bits per heavy atom. The van der Waals surface area contributed by atoms with E-state index in [2.05, 4.69) is 6.07 Å². The molecule has 2 aromatic rings. The molecule has 0 aliphatic carbocycles. The van der Waals surface area contributed by atoms with Crippen molar-refractivity contribution in [2.24, 2.45) is 0 Å². The third kappa shape index (κ3) is 2.41. The second-order valence-corrected chi connectivity index (χ2v) is 4.64. The minimum absolute atomic E-state index is 0.138. The Balaban J connectivity index is 2.29. The average molecular weight is 233 g/mol. The third-order valence-electron chi connectivity index (χ3n) is 1.92. The van der Waals surface area contributed by atoms with E-state index in [1.807, 2.05) is 0 Å². The van der Waals surface area contributed by atoms with Crippen LogP contribution in [-0.4, -0.2) is 8.42 Å². The minimum Gasteiger partial charge on any atom is -0.379 e. The first-order chi connectivity index (χ1) is 7.68. The van der Waals surface area contributed by atoms with Crippen LogP contribution in [0.1, 0.15) is 0 Å². The first kappa shape index (κ1) is 10.7. The van der Waals surface area contributed by atoms with E-state index in [1.54, 1.807) is 36.4 Å². The smallest absolute Gasteiger partial charge is 0.339 e. The van der Waals surface area contributed by atoms with E-state index in [4.69, 9.17) is 4.18 Å². The topological polar surface area (TPSA) is 43.4 Å². The van der Waals surface area contributed by atoms with E-state index in [0.717, 1.165) is 0 Å². The first-order valence-corrected chi connectivity index (χ1v) is 6.05. The molecule has 0 atom stereocenters. The second kappa shape index (κ2) is 4.37. The highest BCUT2D eigenvalue weighted by Gasteiger charge is 2.15. The normalized spacial score (nSPS) is 11.0. The van der Waals surface area contributed by atoms with Gasteiger partial charge in [-0.15, -0.1) is 0 Å². The van der Waals surface area contributed by atoms with Gasteiger partial charge in [-0.1, -0.05) is 30.3 Å². The summed E-state index contributed by atoms with van der Waals surface area (Å²) in [6, 6.07) is 17.1. The van der Waals surface area contributed by atoms with E-state index in [1.165, 1.54) is 18.2 Å². The molecule has 4 heteroatoms. The first-order valence-electron chi connectivity index (χ1n) is 4.64. The highest BCUT2D eigenvalue weighted by atomic mass is 32.2. The van der Waals surface area contributed by atoms with E-state index in [-0.39, 0.29) is 10.6 Å². The van der Waals surface area contributed by atoms with Gasteiger partial charge in [0.1, 0.15) is 10.6 Å². The van der Waals surface area contributed by atoms with Gasteiger partial charge in [0.05, 0.1) is 0 Å². The van der Waals surface area contributed by atoms with Crippen LogP contribution in [0.25, 0.3) is 0 Å². The predicted molar refractivity (Wildman–Crippen MR) is 59.5 cm³/mol. The predicted octanol–water partition coefficient (Wildman–Crippen LogP) is 2.25. The van der Waals surface area contributed by atoms with E-state index in [9.17, 15) is 8.42 Å². The summed E-state index contributed by atoms with van der Waals surface area (Å²) in [6.07, 6.45) is 0. The Labute approximate surface area is 94.4 Å². The summed E-state index contributed by atoms with van der Waals surface area (Å²) in [5.41, 5.74) is 0. The number of hydrogen-bond donors (Lipinski definition) is 0. The molecule has 16 heavy (non-hydrogen) atoms. The van der Waals surface area contributed by atoms with Crippen molar-refractivity contribution in [3.05, 3.63) is 60.7 Å². The maximum Gasteiger partial charge on any atom is 0.339 e. The molecule has 0 aromatic heterocycles. The zero-order valence-electron chi connectivity index (χ0n) is 8.33. The summed E-state index contributed by atoms with van der Waals surface area (Å²) in [5, 5.41) is 0. The van der Waals surface area contributed by atoms with E-state index < -0.39 is 10.1 Å². The van der Waals surface area contributed by atoms with E-state index in [0.29, 0.717) is 0 Å². The molecule has 81 valence electrons. The Bertz CT molecular complexity index is 547. The molecule has 0 N–H and O–H groups in total. The molecule has 0 fully saturated rings. The Morgan fingerprint density at radius 3 is 2.38 bits per heavy atom. The quantitative estimate of drug-likeness (QED) is 0.764. The Kier molecular flexibility index (Phi) is 2.92. The van der Waals surface area contributed by atoms with Gasteiger partial charge in [0, 0.05) is 0 Å². The van der Waals surface area contributed by atoms with Crippen LogP contribution in [0.3, 0.4) is 0 Å². The molecule has 0 heterocycles. The van der Waals surface area contributed by atoms with Gasteiger partial charge in [0.15, 0.2) is 0 Å². The third-order valence-corrected chi connectivity index (χ3v) is 3.18. The number of benzene rings is 2. The van der Waals surface area contributed by atoms with Crippen LogP contribution in [0.15, 0.2) is 59.5 Å². The molecule has 0 amide bonds. The molecule has 0 unspecified atom stereocenters. The lowest BCUT2D eigenvalue weighted by atomic mass is 10.3. The van der Waals surface area contributed by atoms with Gasteiger partial charge in [-0.2, -0.15) is 8.42 Å². The number of rotatable bonds is 3. The van der Waals surface area contributed by atoms with Crippen LogP contribution in [0.5, 0.6) is 5.75 Å². The Morgan fingerprint density at radius 1 is 1.00 bits per heavy atom. The molecule has 1 radical (unpaired) electrons. The second-order valence-electron chi connectivity index (χ2n) is 3.09. The van der Waals surface area contributed by atoms with Crippen molar-refractivity contribution >= 4 is 10.1 Å². The largest absolute Gasteiger partial charge is 0.379 e. The van der Waals surface area contributed by atoms with Crippen LogP contribution in [-0.2, 0) is 10.1 Å².